The van der Waals surface area contributed by atoms with Gasteiger partial charge in [-0.15, -0.1) is 0 Å². The van der Waals surface area contributed by atoms with E-state index in [1.165, 1.54) is 23.3 Å². The Morgan fingerprint density at radius 2 is 1.77 bits per heavy atom. The van der Waals surface area contributed by atoms with Crippen LogP contribution >= 0.6 is 0 Å². The summed E-state index contributed by atoms with van der Waals surface area (Å²) in [6.07, 6.45) is 0.320. The smallest absolute Gasteiger partial charge is 0.388 e. The predicted molar refractivity (Wildman–Crippen MR) is 108 cm³/mol. The Labute approximate surface area is 179 Å². The Balaban J connectivity index is 1.50. The van der Waals surface area contributed by atoms with Crippen LogP contribution in [0.15, 0.2) is 46.6 Å². The van der Waals surface area contributed by atoms with Crippen molar-refractivity contribution in [3.8, 4) is 0 Å². The minimum atomic E-state index is -4.34. The van der Waals surface area contributed by atoms with E-state index in [-0.39, 0.29) is 17.9 Å². The molecule has 1 aliphatic heterocycles. The standard InChI is InChI=1S/C25H27F3O3/c1-23(2)30-22-20-19-15(5-3-7-17(19)29)18(13-8-10-14(11-9-13)25(26,27)28)16-6-4-12-24(22,31-23)21(16)20/h8-11,16-18,22,29H,3-7,12H2,1-2H3/t16-,17?,18+,22-,24+/m0/s1. The lowest BCUT2D eigenvalue weighted by Gasteiger charge is -2.58. The fraction of sp³-hybridized carbons (Fsp3) is 0.600. The summed E-state index contributed by atoms with van der Waals surface area (Å²) in [5.74, 6) is -0.497. The molecule has 0 bridgehead atoms. The highest BCUT2D eigenvalue weighted by molar-refractivity contribution is 5.65. The molecule has 0 amide bonds. The maximum Gasteiger partial charge on any atom is 0.416 e. The van der Waals surface area contributed by atoms with Gasteiger partial charge in [0.25, 0.3) is 0 Å². The zero-order valence-corrected chi connectivity index (χ0v) is 17.8. The number of allylic oxidation sites excluding steroid dienone is 1. The lowest BCUT2D eigenvalue weighted by Crippen LogP contribution is -2.60. The van der Waals surface area contributed by atoms with E-state index >= 15 is 0 Å². The van der Waals surface area contributed by atoms with E-state index in [4.69, 9.17) is 9.47 Å². The van der Waals surface area contributed by atoms with Crippen LogP contribution in [0.3, 0.4) is 0 Å². The van der Waals surface area contributed by atoms with Crippen molar-refractivity contribution in [2.75, 3.05) is 0 Å². The highest BCUT2D eigenvalue weighted by atomic mass is 19.4. The monoisotopic (exact) mass is 432 g/mol. The van der Waals surface area contributed by atoms with Crippen LogP contribution in [0.2, 0.25) is 0 Å². The highest BCUT2D eigenvalue weighted by Crippen LogP contribution is 2.68. The molecule has 166 valence electrons. The molecule has 5 atom stereocenters. The number of aliphatic hydroxyl groups is 1. The summed E-state index contributed by atoms with van der Waals surface area (Å²) in [6, 6.07) is 5.66. The van der Waals surface area contributed by atoms with Gasteiger partial charge in [-0.1, -0.05) is 17.7 Å². The van der Waals surface area contributed by atoms with Crippen molar-refractivity contribution in [2.45, 2.75) is 88.1 Å². The van der Waals surface area contributed by atoms with Gasteiger partial charge in [0.2, 0.25) is 0 Å². The molecule has 4 aliphatic carbocycles. The molecular formula is C25H27F3O3. The van der Waals surface area contributed by atoms with Crippen molar-refractivity contribution >= 4 is 0 Å². The number of alkyl halides is 3. The molecule has 1 unspecified atom stereocenters. The van der Waals surface area contributed by atoms with Crippen LogP contribution < -0.4 is 0 Å². The van der Waals surface area contributed by atoms with Crippen molar-refractivity contribution in [1.29, 1.82) is 0 Å². The molecule has 3 nitrogen and oxygen atoms in total. The molecule has 6 heteroatoms. The molecule has 0 aromatic heterocycles. The number of rotatable bonds is 1. The molecule has 1 heterocycles. The maximum absolute atomic E-state index is 13.1. The molecule has 0 radical (unpaired) electrons. The van der Waals surface area contributed by atoms with Gasteiger partial charge in [-0.2, -0.15) is 13.2 Å². The third-order valence-electron chi connectivity index (χ3n) is 7.96. The third kappa shape index (κ3) is 2.64. The number of aliphatic hydroxyl groups excluding tert-OH is 1. The average Bonchev–Trinajstić information content (AvgIpc) is 2.91. The fourth-order valence-corrected chi connectivity index (χ4v) is 7.06. The van der Waals surface area contributed by atoms with Gasteiger partial charge in [-0.3, -0.25) is 0 Å². The zero-order valence-electron chi connectivity index (χ0n) is 17.8. The molecule has 5 aliphatic rings. The first-order valence-electron chi connectivity index (χ1n) is 11.3. The van der Waals surface area contributed by atoms with Gasteiger partial charge in [0, 0.05) is 5.92 Å². The molecule has 1 saturated carbocycles. The van der Waals surface area contributed by atoms with Gasteiger partial charge < -0.3 is 14.6 Å². The van der Waals surface area contributed by atoms with E-state index < -0.39 is 29.2 Å². The second-order valence-corrected chi connectivity index (χ2v) is 10.2. The van der Waals surface area contributed by atoms with Crippen molar-refractivity contribution in [3.63, 3.8) is 0 Å². The van der Waals surface area contributed by atoms with Crippen LogP contribution in [-0.2, 0) is 15.7 Å². The first-order valence-corrected chi connectivity index (χ1v) is 11.3. The second kappa shape index (κ2) is 6.24. The molecule has 1 saturated heterocycles. The fourth-order valence-electron chi connectivity index (χ4n) is 7.06. The predicted octanol–water partition coefficient (Wildman–Crippen LogP) is 5.64. The van der Waals surface area contributed by atoms with Gasteiger partial charge in [0.05, 0.1) is 11.7 Å². The summed E-state index contributed by atoms with van der Waals surface area (Å²) >= 11 is 0. The molecule has 31 heavy (non-hydrogen) atoms. The maximum atomic E-state index is 13.1. The number of hydrogen-bond acceptors (Lipinski definition) is 3. The first-order chi connectivity index (χ1) is 14.6. The van der Waals surface area contributed by atoms with Crippen molar-refractivity contribution in [1.82, 2.24) is 0 Å². The van der Waals surface area contributed by atoms with E-state index in [1.807, 2.05) is 13.8 Å². The number of halogens is 3. The second-order valence-electron chi connectivity index (χ2n) is 10.2. The Morgan fingerprint density at radius 1 is 1.03 bits per heavy atom. The minimum Gasteiger partial charge on any atom is -0.388 e. The highest BCUT2D eigenvalue weighted by Gasteiger charge is 2.69. The Kier molecular flexibility index (Phi) is 4.03. The van der Waals surface area contributed by atoms with Crippen LogP contribution in [0, 0.1) is 5.92 Å². The van der Waals surface area contributed by atoms with Crippen LogP contribution in [0.4, 0.5) is 13.2 Å². The van der Waals surface area contributed by atoms with Gasteiger partial charge in [-0.05, 0) is 92.7 Å². The SMILES string of the molecule is CC1(C)O[C@H]2C3=C4[C@@H](CCC[C@@]42O1)[C@H](c1ccc(C(F)(F)F)cc1)C1=C3C(O)CCC1. The van der Waals surface area contributed by atoms with Gasteiger partial charge in [0.1, 0.15) is 11.7 Å². The Hall–Kier alpha value is -1.63. The summed E-state index contributed by atoms with van der Waals surface area (Å²) in [7, 11) is 0. The molecule has 2 fully saturated rings. The summed E-state index contributed by atoms with van der Waals surface area (Å²) in [6.45, 7) is 3.88. The zero-order chi connectivity index (χ0) is 21.8. The molecule has 1 N–H and O–H groups in total. The lowest BCUT2D eigenvalue weighted by molar-refractivity contribution is -0.157. The topological polar surface area (TPSA) is 38.7 Å². The van der Waals surface area contributed by atoms with Crippen molar-refractivity contribution in [3.05, 3.63) is 57.7 Å². The summed E-state index contributed by atoms with van der Waals surface area (Å²) in [5, 5.41) is 11.0. The van der Waals surface area contributed by atoms with E-state index in [0.717, 1.165) is 48.8 Å². The number of fused-ring (bicyclic) bond motifs is 2. The number of hydrogen-bond donors (Lipinski definition) is 1. The third-order valence-corrected chi connectivity index (χ3v) is 7.96. The molecule has 1 spiro atoms. The van der Waals surface area contributed by atoms with Gasteiger partial charge >= 0.3 is 6.18 Å². The van der Waals surface area contributed by atoms with Crippen LogP contribution in [-0.4, -0.2) is 28.7 Å². The number of ether oxygens (including phenoxy) is 2. The van der Waals surface area contributed by atoms with Crippen molar-refractivity contribution in [2.24, 2.45) is 5.92 Å². The minimum absolute atomic E-state index is 0.00331. The van der Waals surface area contributed by atoms with Crippen LogP contribution in [0.1, 0.15) is 69.4 Å². The van der Waals surface area contributed by atoms with E-state index in [2.05, 4.69) is 0 Å². The van der Waals surface area contributed by atoms with E-state index in [9.17, 15) is 18.3 Å². The van der Waals surface area contributed by atoms with E-state index in [0.29, 0.717) is 6.42 Å². The van der Waals surface area contributed by atoms with Gasteiger partial charge in [-0.25, -0.2) is 0 Å². The summed E-state index contributed by atoms with van der Waals surface area (Å²) in [5.41, 5.74) is 4.42. The van der Waals surface area contributed by atoms with Crippen LogP contribution in [0.25, 0.3) is 0 Å². The first kappa shape index (κ1) is 20.0. The number of benzene rings is 1. The molecular weight excluding hydrogens is 405 g/mol. The summed E-state index contributed by atoms with van der Waals surface area (Å²) < 4.78 is 52.3. The quantitative estimate of drug-likeness (QED) is 0.624. The van der Waals surface area contributed by atoms with Crippen molar-refractivity contribution < 1.29 is 27.8 Å². The average molecular weight is 432 g/mol. The molecule has 6 rings (SSSR count). The summed E-state index contributed by atoms with van der Waals surface area (Å²) in [4.78, 5) is 0. The van der Waals surface area contributed by atoms with Crippen LogP contribution in [0.5, 0.6) is 0 Å². The molecule has 1 aromatic carbocycles. The largest absolute Gasteiger partial charge is 0.416 e. The van der Waals surface area contributed by atoms with Gasteiger partial charge in [0.15, 0.2) is 5.79 Å². The van der Waals surface area contributed by atoms with E-state index in [1.54, 1.807) is 12.1 Å². The molecule has 1 aromatic rings. The Morgan fingerprint density at radius 3 is 2.48 bits per heavy atom. The normalized spacial score (nSPS) is 38.4. The Bertz CT molecular complexity index is 1000. The lowest BCUT2D eigenvalue weighted by atomic mass is 9.49.